The van der Waals surface area contributed by atoms with Crippen LogP contribution in [0, 0.1) is 11.7 Å². The van der Waals surface area contributed by atoms with E-state index in [1.54, 1.807) is 12.1 Å². The van der Waals surface area contributed by atoms with Crippen molar-refractivity contribution in [3.63, 3.8) is 0 Å². The van der Waals surface area contributed by atoms with Gasteiger partial charge in [-0.3, -0.25) is 9.69 Å². The first kappa shape index (κ1) is 20.0. The largest absolute Gasteiger partial charge is 0.469 e. The van der Waals surface area contributed by atoms with Gasteiger partial charge in [-0.1, -0.05) is 0 Å². The second kappa shape index (κ2) is 8.60. The number of cyclic esters (lactones) is 1. The number of nitrogens with zero attached hydrogens (tertiary/aromatic N) is 4. The van der Waals surface area contributed by atoms with E-state index < -0.39 is 11.9 Å². The molecule has 30 heavy (non-hydrogen) atoms. The Morgan fingerprint density at radius 3 is 2.80 bits per heavy atom. The fourth-order valence-corrected chi connectivity index (χ4v) is 3.78. The number of hydrogen-bond donors (Lipinski definition) is 1. The molecule has 2 fully saturated rings. The standard InChI is InChI=1S/C20H22FN5O4/c1-29-18(27)12-2-4-14(5-3-12)24-19-23-11-15(21)17(25-19)13-6-7-22-16(10-13)26-8-9-30-20(26)28/h6-7,10-12,14H,2-5,8-9H2,1H3,(H,23,24,25). The zero-order valence-corrected chi connectivity index (χ0v) is 16.5. The minimum absolute atomic E-state index is 0.0785. The molecule has 1 saturated heterocycles. The van der Waals surface area contributed by atoms with E-state index in [0.717, 1.165) is 31.9 Å². The van der Waals surface area contributed by atoms with Crippen LogP contribution in [0.2, 0.25) is 0 Å². The summed E-state index contributed by atoms with van der Waals surface area (Å²) >= 11 is 0. The third-order valence-electron chi connectivity index (χ3n) is 5.40. The summed E-state index contributed by atoms with van der Waals surface area (Å²) in [5, 5.41) is 3.23. The number of carbonyl (C=O) groups excluding carboxylic acids is 2. The number of hydrogen-bond acceptors (Lipinski definition) is 8. The highest BCUT2D eigenvalue weighted by molar-refractivity contribution is 5.88. The third kappa shape index (κ3) is 4.17. The molecular weight excluding hydrogens is 393 g/mol. The van der Waals surface area contributed by atoms with Crippen molar-refractivity contribution >= 4 is 23.8 Å². The summed E-state index contributed by atoms with van der Waals surface area (Å²) in [5.74, 6) is -0.138. The van der Waals surface area contributed by atoms with E-state index >= 15 is 0 Å². The SMILES string of the molecule is COC(=O)C1CCC(Nc2ncc(F)c(-c3ccnc(N4CCOC4=O)c3)n2)CC1. The molecule has 0 radical (unpaired) electrons. The Bertz CT molecular complexity index is 949. The molecular formula is C20H22FN5O4. The molecule has 0 unspecified atom stereocenters. The maximum atomic E-state index is 14.5. The number of ether oxygens (including phenoxy) is 2. The van der Waals surface area contributed by atoms with Gasteiger partial charge in [0.1, 0.15) is 18.1 Å². The van der Waals surface area contributed by atoms with Gasteiger partial charge in [0, 0.05) is 17.8 Å². The lowest BCUT2D eigenvalue weighted by atomic mass is 9.86. The van der Waals surface area contributed by atoms with Gasteiger partial charge in [0.15, 0.2) is 5.82 Å². The van der Waals surface area contributed by atoms with Crippen molar-refractivity contribution in [1.29, 1.82) is 0 Å². The Balaban J connectivity index is 1.49. The number of anilines is 2. The summed E-state index contributed by atoms with van der Waals surface area (Å²) in [6.45, 7) is 0.682. The van der Waals surface area contributed by atoms with Crippen molar-refractivity contribution in [2.24, 2.45) is 5.92 Å². The first-order chi connectivity index (χ1) is 14.5. The van der Waals surface area contributed by atoms with E-state index in [9.17, 15) is 14.0 Å². The number of esters is 1. The lowest BCUT2D eigenvalue weighted by Crippen LogP contribution is -2.30. The van der Waals surface area contributed by atoms with Crippen molar-refractivity contribution < 1.29 is 23.5 Å². The summed E-state index contributed by atoms with van der Waals surface area (Å²) in [6.07, 6.45) is 5.12. The maximum Gasteiger partial charge on any atom is 0.415 e. The van der Waals surface area contributed by atoms with Gasteiger partial charge < -0.3 is 14.8 Å². The van der Waals surface area contributed by atoms with E-state index in [0.29, 0.717) is 30.5 Å². The van der Waals surface area contributed by atoms with Crippen molar-refractivity contribution in [3.8, 4) is 11.3 Å². The van der Waals surface area contributed by atoms with Gasteiger partial charge in [-0.2, -0.15) is 0 Å². The molecule has 1 N–H and O–H groups in total. The maximum absolute atomic E-state index is 14.5. The molecule has 2 aromatic rings. The van der Waals surface area contributed by atoms with Gasteiger partial charge in [-0.15, -0.1) is 0 Å². The number of amides is 1. The van der Waals surface area contributed by atoms with Gasteiger partial charge in [-0.05, 0) is 37.8 Å². The number of nitrogens with one attached hydrogen (secondary N) is 1. The van der Waals surface area contributed by atoms with Crippen LogP contribution in [0.1, 0.15) is 25.7 Å². The normalized spacial score (nSPS) is 21.3. The Hall–Kier alpha value is -3.30. The van der Waals surface area contributed by atoms with Gasteiger partial charge in [0.2, 0.25) is 5.95 Å². The van der Waals surface area contributed by atoms with Crippen LogP contribution < -0.4 is 10.2 Å². The molecule has 158 valence electrons. The molecule has 1 saturated carbocycles. The molecule has 9 nitrogen and oxygen atoms in total. The molecule has 0 bridgehead atoms. The molecule has 1 amide bonds. The van der Waals surface area contributed by atoms with Gasteiger partial charge >= 0.3 is 12.1 Å². The summed E-state index contributed by atoms with van der Waals surface area (Å²) in [4.78, 5) is 37.4. The summed E-state index contributed by atoms with van der Waals surface area (Å²) in [7, 11) is 1.40. The Morgan fingerprint density at radius 1 is 1.30 bits per heavy atom. The van der Waals surface area contributed by atoms with Crippen LogP contribution in [0.4, 0.5) is 21.0 Å². The molecule has 2 aromatic heterocycles. The average Bonchev–Trinajstić information content (AvgIpc) is 3.21. The predicted molar refractivity (Wildman–Crippen MR) is 105 cm³/mol. The number of rotatable bonds is 5. The van der Waals surface area contributed by atoms with Crippen molar-refractivity contribution in [1.82, 2.24) is 15.0 Å². The van der Waals surface area contributed by atoms with Crippen LogP contribution in [0.25, 0.3) is 11.3 Å². The van der Waals surface area contributed by atoms with Crippen LogP contribution >= 0.6 is 0 Å². The number of carbonyl (C=O) groups is 2. The fourth-order valence-electron chi connectivity index (χ4n) is 3.78. The lowest BCUT2D eigenvalue weighted by molar-refractivity contribution is -0.146. The Kier molecular flexibility index (Phi) is 5.73. The van der Waals surface area contributed by atoms with Crippen molar-refractivity contribution in [3.05, 3.63) is 30.3 Å². The van der Waals surface area contributed by atoms with E-state index in [-0.39, 0.29) is 23.6 Å². The third-order valence-corrected chi connectivity index (χ3v) is 5.40. The molecule has 2 aliphatic rings. The van der Waals surface area contributed by atoms with Crippen LogP contribution in [0.5, 0.6) is 0 Å². The quantitative estimate of drug-likeness (QED) is 0.743. The average molecular weight is 415 g/mol. The van der Waals surface area contributed by atoms with Crippen LogP contribution in [0.3, 0.4) is 0 Å². The van der Waals surface area contributed by atoms with E-state index in [1.165, 1.54) is 18.2 Å². The molecule has 4 rings (SSSR count). The number of halogens is 1. The van der Waals surface area contributed by atoms with Gasteiger partial charge in [-0.25, -0.2) is 24.1 Å². The highest BCUT2D eigenvalue weighted by Crippen LogP contribution is 2.29. The highest BCUT2D eigenvalue weighted by atomic mass is 19.1. The Morgan fingerprint density at radius 2 is 2.10 bits per heavy atom. The van der Waals surface area contributed by atoms with E-state index in [1.807, 2.05) is 0 Å². The minimum Gasteiger partial charge on any atom is -0.469 e. The summed E-state index contributed by atoms with van der Waals surface area (Å²) in [5.41, 5.74) is 0.601. The Labute approximate surface area is 172 Å². The fraction of sp³-hybridized carbons (Fsp3) is 0.450. The molecule has 1 aliphatic heterocycles. The second-order valence-corrected chi connectivity index (χ2v) is 7.27. The second-order valence-electron chi connectivity index (χ2n) is 7.27. The van der Waals surface area contributed by atoms with Gasteiger partial charge in [0.25, 0.3) is 0 Å². The number of aromatic nitrogens is 3. The lowest BCUT2D eigenvalue weighted by Gasteiger charge is -2.27. The number of methoxy groups -OCH3 is 1. The minimum atomic E-state index is -0.573. The number of pyridine rings is 1. The highest BCUT2D eigenvalue weighted by Gasteiger charge is 2.28. The first-order valence-corrected chi connectivity index (χ1v) is 9.83. The van der Waals surface area contributed by atoms with E-state index in [4.69, 9.17) is 9.47 Å². The van der Waals surface area contributed by atoms with Crippen molar-refractivity contribution in [2.45, 2.75) is 31.7 Å². The topological polar surface area (TPSA) is 107 Å². The summed E-state index contributed by atoms with van der Waals surface area (Å²) < 4.78 is 24.2. The van der Waals surface area contributed by atoms with Crippen LogP contribution in [0.15, 0.2) is 24.5 Å². The van der Waals surface area contributed by atoms with E-state index in [2.05, 4.69) is 20.3 Å². The zero-order chi connectivity index (χ0) is 21.1. The molecule has 10 heteroatoms. The predicted octanol–water partition coefficient (Wildman–Crippen LogP) is 2.78. The smallest absolute Gasteiger partial charge is 0.415 e. The molecule has 0 atom stereocenters. The van der Waals surface area contributed by atoms with Crippen LogP contribution in [-0.2, 0) is 14.3 Å². The zero-order valence-electron chi connectivity index (χ0n) is 16.5. The van der Waals surface area contributed by atoms with Crippen LogP contribution in [-0.4, -0.2) is 53.3 Å². The summed E-state index contributed by atoms with van der Waals surface area (Å²) in [6, 6.07) is 3.32. The first-order valence-electron chi connectivity index (χ1n) is 9.83. The molecule has 0 spiro atoms. The van der Waals surface area contributed by atoms with Gasteiger partial charge in [0.05, 0.1) is 25.8 Å². The molecule has 0 aromatic carbocycles. The monoisotopic (exact) mass is 415 g/mol. The van der Waals surface area contributed by atoms with Crippen molar-refractivity contribution in [2.75, 3.05) is 30.5 Å². The molecule has 1 aliphatic carbocycles. The molecule has 3 heterocycles.